The van der Waals surface area contributed by atoms with Gasteiger partial charge in [-0.15, -0.1) is 0 Å². The number of carbonyl (C=O) groups excluding carboxylic acids is 2. The van der Waals surface area contributed by atoms with E-state index in [0.29, 0.717) is 12.1 Å². The molecule has 2 N–H and O–H groups in total. The van der Waals surface area contributed by atoms with Gasteiger partial charge in [-0.1, -0.05) is 40.9 Å². The number of rotatable bonds is 5. The third-order valence-corrected chi connectivity index (χ3v) is 2.62. The van der Waals surface area contributed by atoms with Crippen LogP contribution in [0.1, 0.15) is 15.9 Å². The maximum atomic E-state index is 11.7. The molecule has 0 unspecified atom stereocenters. The molecule has 0 saturated carbocycles. The third-order valence-electron chi connectivity index (χ3n) is 2.22. The molecular formula is C12H14Cl2N2O2. The summed E-state index contributed by atoms with van der Waals surface area (Å²) in [4.78, 5) is 21.6. The summed E-state index contributed by atoms with van der Waals surface area (Å²) in [6.07, 6.45) is 0. The minimum atomic E-state index is -1.09. The van der Waals surface area contributed by atoms with E-state index in [2.05, 4.69) is 10.6 Å². The predicted molar refractivity (Wildman–Crippen MR) is 72.0 cm³/mol. The van der Waals surface area contributed by atoms with Crippen molar-refractivity contribution < 1.29 is 9.59 Å². The fourth-order valence-electron chi connectivity index (χ4n) is 1.25. The molecule has 4 nitrogen and oxygen atoms in total. The van der Waals surface area contributed by atoms with Crippen LogP contribution in [0.4, 0.5) is 0 Å². The van der Waals surface area contributed by atoms with Crippen LogP contribution in [0.15, 0.2) is 24.3 Å². The van der Waals surface area contributed by atoms with Crippen LogP contribution >= 0.6 is 23.2 Å². The highest BCUT2D eigenvalue weighted by Crippen LogP contribution is 2.02. The highest BCUT2D eigenvalue weighted by molar-refractivity contribution is 6.53. The van der Waals surface area contributed by atoms with Gasteiger partial charge in [-0.25, -0.2) is 0 Å². The lowest BCUT2D eigenvalue weighted by Crippen LogP contribution is -2.36. The Morgan fingerprint density at radius 3 is 2.22 bits per heavy atom. The van der Waals surface area contributed by atoms with Crippen LogP contribution in [0, 0.1) is 6.92 Å². The lowest BCUT2D eigenvalue weighted by atomic mass is 10.1. The first kappa shape index (κ1) is 14.8. The Labute approximate surface area is 116 Å². The molecule has 1 aromatic rings. The molecule has 0 spiro atoms. The largest absolute Gasteiger partial charge is 0.352 e. The van der Waals surface area contributed by atoms with Crippen molar-refractivity contribution in [1.29, 1.82) is 0 Å². The van der Waals surface area contributed by atoms with Crippen LogP contribution < -0.4 is 10.6 Å². The number of hydrogen-bond donors (Lipinski definition) is 2. The summed E-state index contributed by atoms with van der Waals surface area (Å²) in [6.45, 7) is 2.55. The summed E-state index contributed by atoms with van der Waals surface area (Å²) in [6, 6.07) is 7.22. The summed E-state index contributed by atoms with van der Waals surface area (Å²) in [5, 5.41) is 5.15. The molecule has 0 aliphatic carbocycles. The Kier molecular flexibility index (Phi) is 5.95. The molecule has 98 valence electrons. The zero-order valence-corrected chi connectivity index (χ0v) is 11.4. The van der Waals surface area contributed by atoms with Crippen LogP contribution in [-0.4, -0.2) is 29.7 Å². The molecule has 0 aromatic heterocycles. The summed E-state index contributed by atoms with van der Waals surface area (Å²) in [5.74, 6) is -0.652. The Morgan fingerprint density at radius 1 is 1.11 bits per heavy atom. The van der Waals surface area contributed by atoms with E-state index in [1.807, 2.05) is 19.1 Å². The Morgan fingerprint density at radius 2 is 1.67 bits per heavy atom. The van der Waals surface area contributed by atoms with Crippen molar-refractivity contribution in [1.82, 2.24) is 10.6 Å². The van der Waals surface area contributed by atoms with Crippen molar-refractivity contribution in [2.45, 2.75) is 11.8 Å². The SMILES string of the molecule is Cc1ccc(C(=O)NCCNC(=O)C(Cl)Cl)cc1. The molecule has 18 heavy (non-hydrogen) atoms. The van der Waals surface area contributed by atoms with Crippen LogP contribution in [-0.2, 0) is 4.79 Å². The maximum Gasteiger partial charge on any atom is 0.253 e. The molecular weight excluding hydrogens is 275 g/mol. The second-order valence-corrected chi connectivity index (χ2v) is 4.81. The Bertz CT molecular complexity index is 419. The van der Waals surface area contributed by atoms with E-state index >= 15 is 0 Å². The summed E-state index contributed by atoms with van der Waals surface area (Å²) in [5.41, 5.74) is 1.67. The second kappa shape index (κ2) is 7.24. The van der Waals surface area contributed by atoms with Gasteiger partial charge >= 0.3 is 0 Å². The number of halogens is 2. The molecule has 0 radical (unpaired) electrons. The quantitative estimate of drug-likeness (QED) is 0.639. The van der Waals surface area contributed by atoms with Crippen LogP contribution in [0.25, 0.3) is 0 Å². The van der Waals surface area contributed by atoms with Gasteiger partial charge in [0.05, 0.1) is 0 Å². The van der Waals surface area contributed by atoms with Gasteiger partial charge in [-0.05, 0) is 19.1 Å². The van der Waals surface area contributed by atoms with Crippen molar-refractivity contribution in [3.63, 3.8) is 0 Å². The molecule has 0 saturated heterocycles. The summed E-state index contributed by atoms with van der Waals surface area (Å²) in [7, 11) is 0. The van der Waals surface area contributed by atoms with Crippen molar-refractivity contribution in [2.24, 2.45) is 0 Å². The standard InChI is InChI=1S/C12H14Cl2N2O2/c1-8-2-4-9(5-3-8)11(17)15-6-7-16-12(18)10(13)14/h2-5,10H,6-7H2,1H3,(H,15,17)(H,16,18). The predicted octanol–water partition coefficient (Wildman–Crippen LogP) is 1.64. The Balaban J connectivity index is 2.29. The molecule has 6 heteroatoms. The van der Waals surface area contributed by atoms with Crippen LogP contribution in [0.2, 0.25) is 0 Å². The zero-order chi connectivity index (χ0) is 13.5. The molecule has 0 aliphatic heterocycles. The molecule has 0 bridgehead atoms. The number of alkyl halides is 2. The highest BCUT2D eigenvalue weighted by Gasteiger charge is 2.10. The van der Waals surface area contributed by atoms with Crippen molar-refractivity contribution >= 4 is 35.0 Å². The zero-order valence-electron chi connectivity index (χ0n) is 9.87. The van der Waals surface area contributed by atoms with Gasteiger partial charge in [-0.3, -0.25) is 9.59 Å². The number of amides is 2. The molecule has 2 amide bonds. The molecule has 0 aliphatic rings. The third kappa shape index (κ3) is 4.94. The first-order valence-electron chi connectivity index (χ1n) is 5.41. The maximum absolute atomic E-state index is 11.7. The van der Waals surface area contributed by atoms with Gasteiger partial charge in [0.2, 0.25) is 0 Å². The van der Waals surface area contributed by atoms with Gasteiger partial charge in [0, 0.05) is 18.7 Å². The van der Waals surface area contributed by atoms with Crippen LogP contribution in [0.5, 0.6) is 0 Å². The topological polar surface area (TPSA) is 58.2 Å². The number of benzene rings is 1. The first-order valence-corrected chi connectivity index (χ1v) is 6.28. The lowest BCUT2D eigenvalue weighted by Gasteiger charge is -2.07. The average molecular weight is 289 g/mol. The lowest BCUT2D eigenvalue weighted by molar-refractivity contribution is -0.119. The fraction of sp³-hybridized carbons (Fsp3) is 0.333. The number of nitrogens with one attached hydrogen (secondary N) is 2. The van der Waals surface area contributed by atoms with Crippen molar-refractivity contribution in [2.75, 3.05) is 13.1 Å². The minimum Gasteiger partial charge on any atom is -0.352 e. The normalized spacial score (nSPS) is 10.2. The molecule has 0 heterocycles. The van der Waals surface area contributed by atoms with E-state index in [4.69, 9.17) is 23.2 Å². The fourth-order valence-corrected chi connectivity index (χ4v) is 1.40. The Hall–Kier alpha value is -1.26. The van der Waals surface area contributed by atoms with E-state index in [1.165, 1.54) is 0 Å². The summed E-state index contributed by atoms with van der Waals surface area (Å²) < 4.78 is 0. The monoisotopic (exact) mass is 288 g/mol. The van der Waals surface area contributed by atoms with E-state index in [-0.39, 0.29) is 12.5 Å². The minimum absolute atomic E-state index is 0.183. The number of hydrogen-bond acceptors (Lipinski definition) is 2. The molecule has 1 aromatic carbocycles. The average Bonchev–Trinajstić information content (AvgIpc) is 2.34. The van der Waals surface area contributed by atoms with Gasteiger partial charge in [0.15, 0.2) is 4.84 Å². The molecule has 1 rings (SSSR count). The van der Waals surface area contributed by atoms with E-state index in [1.54, 1.807) is 12.1 Å². The molecule has 0 fully saturated rings. The van der Waals surface area contributed by atoms with Gasteiger partial charge in [0.1, 0.15) is 0 Å². The van der Waals surface area contributed by atoms with Gasteiger partial charge in [0.25, 0.3) is 11.8 Å². The highest BCUT2D eigenvalue weighted by atomic mass is 35.5. The first-order chi connectivity index (χ1) is 8.50. The second-order valence-electron chi connectivity index (χ2n) is 3.71. The van der Waals surface area contributed by atoms with E-state index in [0.717, 1.165) is 5.56 Å². The molecule has 0 atom stereocenters. The van der Waals surface area contributed by atoms with E-state index in [9.17, 15) is 9.59 Å². The van der Waals surface area contributed by atoms with Crippen molar-refractivity contribution in [3.05, 3.63) is 35.4 Å². The number of aryl methyl sites for hydroxylation is 1. The van der Waals surface area contributed by atoms with Gasteiger partial charge in [-0.2, -0.15) is 0 Å². The smallest absolute Gasteiger partial charge is 0.253 e. The van der Waals surface area contributed by atoms with Gasteiger partial charge < -0.3 is 10.6 Å². The summed E-state index contributed by atoms with van der Waals surface area (Å²) >= 11 is 10.7. The number of carbonyl (C=O) groups is 2. The van der Waals surface area contributed by atoms with Crippen molar-refractivity contribution in [3.8, 4) is 0 Å². The van der Waals surface area contributed by atoms with E-state index < -0.39 is 10.7 Å². The van der Waals surface area contributed by atoms with Crippen LogP contribution in [0.3, 0.4) is 0 Å².